The summed E-state index contributed by atoms with van der Waals surface area (Å²) in [5.74, 6) is 0.0596. The highest BCUT2D eigenvalue weighted by Gasteiger charge is 2.31. The van der Waals surface area contributed by atoms with Gasteiger partial charge >= 0.3 is 0 Å². The Bertz CT molecular complexity index is 581. The molecule has 0 radical (unpaired) electrons. The fraction of sp³-hybridized carbons (Fsp3) is 0.462. The van der Waals surface area contributed by atoms with Gasteiger partial charge in [0.15, 0.2) is 11.5 Å². The van der Waals surface area contributed by atoms with E-state index in [0.717, 1.165) is 0 Å². The maximum Gasteiger partial charge on any atom is 0.286 e. The molecule has 9 heteroatoms. The molecule has 1 aromatic rings. The van der Waals surface area contributed by atoms with E-state index in [1.165, 1.54) is 31.3 Å². The van der Waals surface area contributed by atoms with Crippen LogP contribution in [0.5, 0.6) is 11.5 Å². The third kappa shape index (κ3) is 3.40. The first-order valence-electron chi connectivity index (χ1n) is 6.43. The average Bonchev–Trinajstić information content (AvgIpc) is 2.91. The molecule has 1 amide bonds. The summed E-state index contributed by atoms with van der Waals surface area (Å²) >= 11 is 0. The second kappa shape index (κ2) is 7.28. The van der Waals surface area contributed by atoms with Gasteiger partial charge in [0, 0.05) is 25.2 Å². The van der Waals surface area contributed by atoms with Crippen LogP contribution in [0.2, 0.25) is 0 Å². The van der Waals surface area contributed by atoms with Gasteiger partial charge in [-0.1, -0.05) is 0 Å². The molecule has 1 heterocycles. The van der Waals surface area contributed by atoms with Crippen LogP contribution in [0.15, 0.2) is 12.1 Å². The Labute approximate surface area is 133 Å². The molecule has 0 bridgehead atoms. The average molecular weight is 332 g/mol. The van der Waals surface area contributed by atoms with Gasteiger partial charge in [0.2, 0.25) is 0 Å². The number of nitrogens with two attached hydrogens (primary N) is 1. The Morgan fingerprint density at radius 2 is 1.95 bits per heavy atom. The number of benzene rings is 1. The number of ether oxygens (including phenoxy) is 2. The van der Waals surface area contributed by atoms with Crippen LogP contribution >= 0.6 is 12.4 Å². The van der Waals surface area contributed by atoms with Gasteiger partial charge in [-0.2, -0.15) is 0 Å². The van der Waals surface area contributed by atoms with Crippen LogP contribution < -0.4 is 15.2 Å². The summed E-state index contributed by atoms with van der Waals surface area (Å²) in [5.41, 5.74) is 5.44. The third-order valence-corrected chi connectivity index (χ3v) is 3.44. The summed E-state index contributed by atoms with van der Waals surface area (Å²) in [6.45, 7) is 0.885. The zero-order chi connectivity index (χ0) is 15.6. The maximum atomic E-state index is 12.5. The zero-order valence-electron chi connectivity index (χ0n) is 12.3. The first-order valence-corrected chi connectivity index (χ1v) is 6.43. The van der Waals surface area contributed by atoms with Crippen LogP contribution in [0, 0.1) is 10.1 Å². The van der Waals surface area contributed by atoms with Gasteiger partial charge in [0.1, 0.15) is 5.56 Å². The van der Waals surface area contributed by atoms with Crippen molar-refractivity contribution in [1.29, 1.82) is 0 Å². The van der Waals surface area contributed by atoms with Crippen molar-refractivity contribution in [2.24, 2.45) is 5.73 Å². The normalized spacial score (nSPS) is 16.9. The van der Waals surface area contributed by atoms with E-state index < -0.39 is 10.8 Å². The Kier molecular flexibility index (Phi) is 5.95. The molecule has 122 valence electrons. The number of likely N-dealkylation sites (tertiary alicyclic amines) is 1. The predicted octanol–water partition coefficient (Wildman–Crippen LogP) is 1.21. The number of halogens is 1. The van der Waals surface area contributed by atoms with E-state index in [1.807, 2.05) is 0 Å². The minimum Gasteiger partial charge on any atom is -0.493 e. The van der Waals surface area contributed by atoms with E-state index in [0.29, 0.717) is 19.5 Å². The van der Waals surface area contributed by atoms with Gasteiger partial charge in [0.25, 0.3) is 11.6 Å². The number of hydrogen-bond acceptors (Lipinski definition) is 6. The summed E-state index contributed by atoms with van der Waals surface area (Å²) in [6, 6.07) is 2.44. The first-order chi connectivity index (χ1) is 9.97. The van der Waals surface area contributed by atoms with Crippen LogP contribution in [0.4, 0.5) is 5.69 Å². The quantitative estimate of drug-likeness (QED) is 0.656. The molecule has 1 fully saturated rings. The van der Waals surface area contributed by atoms with Crippen molar-refractivity contribution < 1.29 is 19.2 Å². The molecule has 0 spiro atoms. The Hall–Kier alpha value is -2.06. The molecule has 0 aromatic heterocycles. The molecule has 2 rings (SSSR count). The number of carbonyl (C=O) groups is 1. The van der Waals surface area contributed by atoms with Crippen molar-refractivity contribution in [3.63, 3.8) is 0 Å². The number of nitrogens with zero attached hydrogens (tertiary/aromatic N) is 2. The van der Waals surface area contributed by atoms with Crippen LogP contribution in [-0.4, -0.2) is 49.1 Å². The van der Waals surface area contributed by atoms with Crippen molar-refractivity contribution in [2.75, 3.05) is 27.3 Å². The van der Waals surface area contributed by atoms with Gasteiger partial charge < -0.3 is 20.1 Å². The lowest BCUT2D eigenvalue weighted by Gasteiger charge is -2.17. The summed E-state index contributed by atoms with van der Waals surface area (Å²) in [6.07, 6.45) is 0.687. The zero-order valence-corrected chi connectivity index (χ0v) is 13.1. The van der Waals surface area contributed by atoms with Crippen molar-refractivity contribution in [1.82, 2.24) is 4.90 Å². The molecule has 22 heavy (non-hydrogen) atoms. The summed E-state index contributed by atoms with van der Waals surface area (Å²) in [5, 5.41) is 11.2. The lowest BCUT2D eigenvalue weighted by Crippen LogP contribution is -2.32. The van der Waals surface area contributed by atoms with E-state index in [2.05, 4.69) is 0 Å². The van der Waals surface area contributed by atoms with Crippen LogP contribution in [-0.2, 0) is 0 Å². The summed E-state index contributed by atoms with van der Waals surface area (Å²) < 4.78 is 10.1. The largest absolute Gasteiger partial charge is 0.493 e. The second-order valence-corrected chi connectivity index (χ2v) is 4.78. The van der Waals surface area contributed by atoms with Gasteiger partial charge in [-0.15, -0.1) is 12.4 Å². The topological polar surface area (TPSA) is 108 Å². The van der Waals surface area contributed by atoms with E-state index in [9.17, 15) is 14.9 Å². The van der Waals surface area contributed by atoms with Crippen LogP contribution in [0.1, 0.15) is 16.8 Å². The number of hydrogen-bond donors (Lipinski definition) is 1. The predicted molar refractivity (Wildman–Crippen MR) is 81.9 cm³/mol. The Balaban J connectivity index is 0.00000242. The third-order valence-electron chi connectivity index (χ3n) is 3.44. The standard InChI is InChI=1S/C13H17N3O5.ClH/c1-20-11-5-9(10(16(18)19)6-12(11)21-2)13(17)15-4-3-8(14)7-15;/h5-6,8H,3-4,7,14H2,1-2H3;1H/t8-;/m0./s1. The van der Waals surface area contributed by atoms with Crippen molar-refractivity contribution in [3.8, 4) is 11.5 Å². The lowest BCUT2D eigenvalue weighted by molar-refractivity contribution is -0.385. The van der Waals surface area contributed by atoms with Gasteiger partial charge in [-0.3, -0.25) is 14.9 Å². The molecular formula is C13H18ClN3O5. The Morgan fingerprint density at radius 3 is 2.41 bits per heavy atom. The molecule has 2 N–H and O–H groups in total. The smallest absolute Gasteiger partial charge is 0.286 e. The maximum absolute atomic E-state index is 12.5. The summed E-state index contributed by atoms with van der Waals surface area (Å²) in [4.78, 5) is 24.5. The fourth-order valence-corrected chi connectivity index (χ4v) is 2.33. The van der Waals surface area contributed by atoms with Crippen LogP contribution in [0.25, 0.3) is 0 Å². The van der Waals surface area contributed by atoms with Gasteiger partial charge in [-0.05, 0) is 6.42 Å². The lowest BCUT2D eigenvalue weighted by atomic mass is 10.1. The molecule has 8 nitrogen and oxygen atoms in total. The molecule has 1 saturated heterocycles. The minimum atomic E-state index is -0.606. The highest BCUT2D eigenvalue weighted by atomic mass is 35.5. The second-order valence-electron chi connectivity index (χ2n) is 4.78. The fourth-order valence-electron chi connectivity index (χ4n) is 2.33. The minimum absolute atomic E-state index is 0. The van der Waals surface area contributed by atoms with Gasteiger partial charge in [-0.25, -0.2) is 0 Å². The molecule has 1 aliphatic heterocycles. The monoisotopic (exact) mass is 331 g/mol. The number of carbonyl (C=O) groups excluding carboxylic acids is 1. The van der Waals surface area contributed by atoms with Crippen molar-refractivity contribution in [2.45, 2.75) is 12.5 Å². The number of nitro benzene ring substituents is 1. The highest BCUT2D eigenvalue weighted by molar-refractivity contribution is 5.99. The van der Waals surface area contributed by atoms with Crippen molar-refractivity contribution in [3.05, 3.63) is 27.8 Å². The Morgan fingerprint density at radius 1 is 1.36 bits per heavy atom. The molecular weight excluding hydrogens is 314 g/mol. The van der Waals surface area contributed by atoms with E-state index >= 15 is 0 Å². The van der Waals surface area contributed by atoms with E-state index in [1.54, 1.807) is 0 Å². The van der Waals surface area contributed by atoms with Crippen molar-refractivity contribution >= 4 is 24.0 Å². The molecule has 1 atom stereocenters. The number of rotatable bonds is 4. The number of methoxy groups -OCH3 is 2. The molecule has 1 aromatic carbocycles. The van der Waals surface area contributed by atoms with Gasteiger partial charge in [0.05, 0.1) is 25.2 Å². The number of nitro groups is 1. The molecule has 1 aliphatic rings. The molecule has 0 aliphatic carbocycles. The summed E-state index contributed by atoms with van der Waals surface area (Å²) in [7, 11) is 2.78. The number of amides is 1. The van der Waals surface area contributed by atoms with Crippen LogP contribution in [0.3, 0.4) is 0 Å². The SMILES string of the molecule is COc1cc(C(=O)N2CC[C@H](N)C2)c([N+](=O)[O-])cc1OC.Cl. The first kappa shape index (κ1) is 18.0. The van der Waals surface area contributed by atoms with E-state index in [-0.39, 0.29) is 41.2 Å². The highest BCUT2D eigenvalue weighted by Crippen LogP contribution is 2.35. The molecule has 0 unspecified atom stereocenters. The molecule has 0 saturated carbocycles. The van der Waals surface area contributed by atoms with E-state index in [4.69, 9.17) is 15.2 Å².